The maximum absolute atomic E-state index is 11.5. The van der Waals surface area contributed by atoms with E-state index in [1.54, 1.807) is 11.8 Å². The lowest BCUT2D eigenvalue weighted by Crippen LogP contribution is -2.43. The van der Waals surface area contributed by atoms with Crippen molar-refractivity contribution in [3.63, 3.8) is 0 Å². The van der Waals surface area contributed by atoms with Gasteiger partial charge in [0.1, 0.15) is 0 Å². The Morgan fingerprint density at radius 1 is 1.44 bits per heavy atom. The molecule has 0 saturated heterocycles. The van der Waals surface area contributed by atoms with Gasteiger partial charge in [-0.05, 0) is 24.1 Å². The zero-order chi connectivity index (χ0) is 12.6. The maximum atomic E-state index is 11.5. The number of amides is 1. The van der Waals surface area contributed by atoms with Crippen molar-refractivity contribution >= 4 is 17.7 Å². The maximum Gasteiger partial charge on any atom is 0.237 e. The first-order valence-electron chi connectivity index (χ1n) is 5.68. The standard InChI is InChI=1S/C11H25N3OS/c1-11(2,3)8-16-7-9(13)10(15)14-6-4-5-12/h9H,4-8,12-13H2,1-3H3,(H,14,15)/t9-/m0/s1. The fourth-order valence-corrected chi connectivity index (χ4v) is 2.15. The van der Waals surface area contributed by atoms with E-state index in [4.69, 9.17) is 11.5 Å². The Bertz CT molecular complexity index is 204. The molecule has 0 aromatic rings. The first-order valence-corrected chi connectivity index (χ1v) is 6.83. The van der Waals surface area contributed by atoms with E-state index in [9.17, 15) is 4.79 Å². The van der Waals surface area contributed by atoms with E-state index in [2.05, 4.69) is 26.1 Å². The molecule has 0 aromatic carbocycles. The number of thioether (sulfide) groups is 1. The van der Waals surface area contributed by atoms with E-state index in [1.807, 2.05) is 0 Å². The molecule has 0 saturated carbocycles. The number of rotatable bonds is 7. The zero-order valence-corrected chi connectivity index (χ0v) is 11.4. The number of nitrogens with one attached hydrogen (secondary N) is 1. The first kappa shape index (κ1) is 15.7. The summed E-state index contributed by atoms with van der Waals surface area (Å²) in [6.45, 7) is 7.73. The van der Waals surface area contributed by atoms with Crippen molar-refractivity contribution in [3.05, 3.63) is 0 Å². The molecule has 0 aliphatic heterocycles. The molecule has 0 unspecified atom stereocenters. The molecule has 0 aliphatic rings. The van der Waals surface area contributed by atoms with E-state index < -0.39 is 6.04 Å². The van der Waals surface area contributed by atoms with Gasteiger partial charge in [0.15, 0.2) is 0 Å². The highest BCUT2D eigenvalue weighted by Gasteiger charge is 2.15. The number of nitrogens with two attached hydrogens (primary N) is 2. The minimum atomic E-state index is -0.412. The second kappa shape index (κ2) is 7.92. The second-order valence-electron chi connectivity index (χ2n) is 5.12. The van der Waals surface area contributed by atoms with Gasteiger partial charge >= 0.3 is 0 Å². The first-order chi connectivity index (χ1) is 7.37. The summed E-state index contributed by atoms with van der Waals surface area (Å²) in [5.74, 6) is 1.61. The monoisotopic (exact) mass is 247 g/mol. The number of hydrogen-bond donors (Lipinski definition) is 3. The van der Waals surface area contributed by atoms with Crippen LogP contribution in [0.3, 0.4) is 0 Å². The lowest BCUT2D eigenvalue weighted by Gasteiger charge is -2.18. The summed E-state index contributed by atoms with van der Waals surface area (Å²) in [6, 6.07) is -0.412. The third-order valence-electron chi connectivity index (χ3n) is 1.85. The average molecular weight is 247 g/mol. The van der Waals surface area contributed by atoms with E-state index in [0.717, 1.165) is 12.2 Å². The van der Waals surface area contributed by atoms with Gasteiger partial charge in [0.2, 0.25) is 5.91 Å². The predicted octanol–water partition coefficient (Wildman–Crippen LogP) is 0.558. The van der Waals surface area contributed by atoms with Gasteiger partial charge in [-0.1, -0.05) is 20.8 Å². The van der Waals surface area contributed by atoms with Crippen molar-refractivity contribution in [3.8, 4) is 0 Å². The number of carbonyl (C=O) groups excluding carboxylic acids is 1. The lowest BCUT2D eigenvalue weighted by atomic mass is 10.0. The van der Waals surface area contributed by atoms with Crippen molar-refractivity contribution in [2.24, 2.45) is 16.9 Å². The van der Waals surface area contributed by atoms with Gasteiger partial charge in [-0.25, -0.2) is 0 Å². The van der Waals surface area contributed by atoms with Gasteiger partial charge in [-0.3, -0.25) is 4.79 Å². The minimum absolute atomic E-state index is 0.0742. The topological polar surface area (TPSA) is 81.1 Å². The van der Waals surface area contributed by atoms with E-state index in [-0.39, 0.29) is 11.3 Å². The van der Waals surface area contributed by atoms with Crippen molar-refractivity contribution in [2.75, 3.05) is 24.6 Å². The normalized spacial score (nSPS) is 13.6. The van der Waals surface area contributed by atoms with Crippen molar-refractivity contribution in [1.82, 2.24) is 5.32 Å². The molecule has 1 amide bonds. The molecule has 1 atom stereocenters. The Hall–Kier alpha value is -0.260. The highest BCUT2D eigenvalue weighted by atomic mass is 32.2. The Morgan fingerprint density at radius 3 is 2.56 bits per heavy atom. The summed E-state index contributed by atoms with van der Waals surface area (Å²) in [5, 5.41) is 2.77. The quantitative estimate of drug-likeness (QED) is 0.574. The fraction of sp³-hybridized carbons (Fsp3) is 0.909. The number of hydrogen-bond acceptors (Lipinski definition) is 4. The lowest BCUT2D eigenvalue weighted by molar-refractivity contribution is -0.121. The predicted molar refractivity (Wildman–Crippen MR) is 71.4 cm³/mol. The zero-order valence-electron chi connectivity index (χ0n) is 10.6. The summed E-state index contributed by atoms with van der Waals surface area (Å²) < 4.78 is 0. The highest BCUT2D eigenvalue weighted by molar-refractivity contribution is 7.99. The molecule has 0 spiro atoms. The van der Waals surface area contributed by atoms with Gasteiger partial charge in [-0.15, -0.1) is 0 Å². The van der Waals surface area contributed by atoms with Crippen LogP contribution in [-0.2, 0) is 4.79 Å². The van der Waals surface area contributed by atoms with Crippen molar-refractivity contribution in [1.29, 1.82) is 0 Å². The van der Waals surface area contributed by atoms with Crippen LogP contribution in [0.15, 0.2) is 0 Å². The van der Waals surface area contributed by atoms with Gasteiger partial charge in [0.05, 0.1) is 6.04 Å². The molecule has 0 radical (unpaired) electrons. The fourth-order valence-electron chi connectivity index (χ4n) is 1.01. The Labute approximate surface area is 103 Å². The van der Waals surface area contributed by atoms with Gasteiger partial charge in [-0.2, -0.15) is 11.8 Å². The SMILES string of the molecule is CC(C)(C)CSC[C@H](N)C(=O)NCCCN. The molecule has 5 N–H and O–H groups in total. The van der Waals surface area contributed by atoms with Crippen LogP contribution < -0.4 is 16.8 Å². The highest BCUT2D eigenvalue weighted by Crippen LogP contribution is 2.20. The third-order valence-corrected chi connectivity index (χ3v) is 3.51. The smallest absolute Gasteiger partial charge is 0.237 e. The van der Waals surface area contributed by atoms with Crippen LogP contribution >= 0.6 is 11.8 Å². The average Bonchev–Trinajstić information content (AvgIpc) is 2.15. The molecule has 96 valence electrons. The van der Waals surface area contributed by atoms with Crippen LogP contribution in [-0.4, -0.2) is 36.5 Å². The molecule has 4 nitrogen and oxygen atoms in total. The van der Waals surface area contributed by atoms with Gasteiger partial charge in [0, 0.05) is 12.3 Å². The van der Waals surface area contributed by atoms with E-state index in [1.165, 1.54) is 0 Å². The molecule has 0 heterocycles. The Morgan fingerprint density at radius 2 is 2.06 bits per heavy atom. The Kier molecular flexibility index (Phi) is 7.80. The molecule has 0 rings (SSSR count). The van der Waals surface area contributed by atoms with Crippen LogP contribution in [0.1, 0.15) is 27.2 Å². The summed E-state index contributed by atoms with van der Waals surface area (Å²) in [6.07, 6.45) is 0.799. The van der Waals surface area contributed by atoms with Gasteiger partial charge in [0.25, 0.3) is 0 Å². The van der Waals surface area contributed by atoms with Crippen molar-refractivity contribution < 1.29 is 4.79 Å². The van der Waals surface area contributed by atoms with Crippen LogP contribution in [0.5, 0.6) is 0 Å². The van der Waals surface area contributed by atoms with Crippen molar-refractivity contribution in [2.45, 2.75) is 33.2 Å². The largest absolute Gasteiger partial charge is 0.355 e. The molecule has 0 fully saturated rings. The number of carbonyl (C=O) groups is 1. The molecular formula is C11H25N3OS. The summed E-state index contributed by atoms with van der Waals surface area (Å²) in [7, 11) is 0. The van der Waals surface area contributed by atoms with Crippen LogP contribution in [0.4, 0.5) is 0 Å². The summed E-state index contributed by atoms with van der Waals surface area (Å²) in [5.41, 5.74) is 11.4. The van der Waals surface area contributed by atoms with Crippen LogP contribution in [0.2, 0.25) is 0 Å². The van der Waals surface area contributed by atoms with E-state index >= 15 is 0 Å². The molecule has 0 bridgehead atoms. The van der Waals surface area contributed by atoms with Crippen LogP contribution in [0, 0.1) is 5.41 Å². The van der Waals surface area contributed by atoms with Gasteiger partial charge < -0.3 is 16.8 Å². The molecular weight excluding hydrogens is 222 g/mol. The minimum Gasteiger partial charge on any atom is -0.355 e. The van der Waals surface area contributed by atoms with Crippen LogP contribution in [0.25, 0.3) is 0 Å². The molecule has 16 heavy (non-hydrogen) atoms. The summed E-state index contributed by atoms with van der Waals surface area (Å²) >= 11 is 1.73. The molecule has 5 heteroatoms. The Balaban J connectivity index is 3.63. The third kappa shape index (κ3) is 9.00. The van der Waals surface area contributed by atoms with E-state index in [0.29, 0.717) is 18.8 Å². The molecule has 0 aliphatic carbocycles. The second-order valence-corrected chi connectivity index (χ2v) is 6.15. The summed E-state index contributed by atoms with van der Waals surface area (Å²) in [4.78, 5) is 11.5. The molecule has 0 aromatic heterocycles.